The molecule has 3 atom stereocenters. The summed E-state index contributed by atoms with van der Waals surface area (Å²) in [5.41, 5.74) is 0.320. The average Bonchev–Trinajstić information content (AvgIpc) is 2.64. The normalized spacial score (nSPS) is 28.3. The highest BCUT2D eigenvalue weighted by Gasteiger charge is 2.38. The van der Waals surface area contributed by atoms with Gasteiger partial charge >= 0.3 is 0 Å². The third-order valence-electron chi connectivity index (χ3n) is 3.64. The summed E-state index contributed by atoms with van der Waals surface area (Å²) in [6.07, 6.45) is 4.03. The average molecular weight is 227 g/mol. The van der Waals surface area contributed by atoms with E-state index in [0.717, 1.165) is 19.6 Å². The summed E-state index contributed by atoms with van der Waals surface area (Å²) < 4.78 is 5.83. The molecule has 3 unspecified atom stereocenters. The molecule has 0 saturated carbocycles. The molecule has 1 N–H and O–H groups in total. The minimum atomic E-state index is 0.320. The van der Waals surface area contributed by atoms with Gasteiger partial charge in [0.2, 0.25) is 0 Å². The van der Waals surface area contributed by atoms with Gasteiger partial charge in [0.1, 0.15) is 0 Å². The first-order chi connectivity index (χ1) is 7.50. The molecule has 0 radical (unpaired) electrons. The molecular weight excluding hydrogens is 198 g/mol. The summed E-state index contributed by atoms with van der Waals surface area (Å²) in [4.78, 5) is 0. The van der Waals surface area contributed by atoms with Gasteiger partial charge in [-0.25, -0.2) is 0 Å². The molecule has 1 fully saturated rings. The van der Waals surface area contributed by atoms with Crippen molar-refractivity contribution in [3.05, 3.63) is 0 Å². The molecule has 0 aromatic carbocycles. The Labute approximate surface area is 101 Å². The van der Waals surface area contributed by atoms with Crippen LogP contribution in [0, 0.1) is 11.3 Å². The van der Waals surface area contributed by atoms with Gasteiger partial charge in [0.25, 0.3) is 0 Å². The van der Waals surface area contributed by atoms with Crippen LogP contribution in [-0.4, -0.2) is 25.3 Å². The van der Waals surface area contributed by atoms with Crippen LogP contribution in [0.2, 0.25) is 0 Å². The fraction of sp³-hybridized carbons (Fsp3) is 1.00. The van der Waals surface area contributed by atoms with Crippen molar-refractivity contribution >= 4 is 0 Å². The lowest BCUT2D eigenvalue weighted by Crippen LogP contribution is -2.48. The molecule has 0 aromatic heterocycles. The molecule has 0 bridgehead atoms. The smallest absolute Gasteiger partial charge is 0.0616 e. The molecule has 2 heteroatoms. The van der Waals surface area contributed by atoms with Crippen LogP contribution in [0.15, 0.2) is 0 Å². The third-order valence-corrected chi connectivity index (χ3v) is 3.64. The van der Waals surface area contributed by atoms with Crippen LogP contribution in [0.5, 0.6) is 0 Å². The highest BCUT2D eigenvalue weighted by Crippen LogP contribution is 2.34. The van der Waals surface area contributed by atoms with Crippen molar-refractivity contribution in [1.82, 2.24) is 5.32 Å². The van der Waals surface area contributed by atoms with Gasteiger partial charge in [-0.2, -0.15) is 0 Å². The van der Waals surface area contributed by atoms with Gasteiger partial charge in [-0.05, 0) is 31.2 Å². The zero-order valence-corrected chi connectivity index (χ0v) is 11.7. The minimum Gasteiger partial charge on any atom is -0.378 e. The van der Waals surface area contributed by atoms with E-state index >= 15 is 0 Å². The lowest BCUT2D eigenvalue weighted by atomic mass is 9.75. The lowest BCUT2D eigenvalue weighted by molar-refractivity contribution is 0.0595. The van der Waals surface area contributed by atoms with E-state index in [0.29, 0.717) is 23.5 Å². The SMILES string of the molecule is CCCNC(C1CCOC1CC)C(C)(C)C. The monoisotopic (exact) mass is 227 g/mol. The Hall–Kier alpha value is -0.0800. The minimum absolute atomic E-state index is 0.320. The van der Waals surface area contributed by atoms with Crippen molar-refractivity contribution in [2.45, 2.75) is 66.0 Å². The Morgan fingerprint density at radius 2 is 2.00 bits per heavy atom. The van der Waals surface area contributed by atoms with Crippen LogP contribution in [0.25, 0.3) is 0 Å². The van der Waals surface area contributed by atoms with E-state index in [2.05, 4.69) is 39.9 Å². The second-order valence-corrected chi connectivity index (χ2v) is 6.07. The van der Waals surface area contributed by atoms with Gasteiger partial charge in [0, 0.05) is 18.6 Å². The number of hydrogen-bond acceptors (Lipinski definition) is 2. The molecule has 96 valence electrons. The standard InChI is InChI=1S/C14H29NO/c1-6-9-15-13(14(3,4)5)11-8-10-16-12(11)7-2/h11-13,15H,6-10H2,1-5H3. The zero-order valence-electron chi connectivity index (χ0n) is 11.7. The van der Waals surface area contributed by atoms with E-state index in [4.69, 9.17) is 4.74 Å². The van der Waals surface area contributed by atoms with E-state index in [-0.39, 0.29) is 0 Å². The Bertz CT molecular complexity index is 197. The van der Waals surface area contributed by atoms with Gasteiger partial charge in [0.15, 0.2) is 0 Å². The zero-order chi connectivity index (χ0) is 12.2. The van der Waals surface area contributed by atoms with E-state index in [1.54, 1.807) is 0 Å². The molecule has 1 saturated heterocycles. The predicted molar refractivity (Wildman–Crippen MR) is 69.7 cm³/mol. The molecule has 0 spiro atoms. The van der Waals surface area contributed by atoms with Crippen LogP contribution in [-0.2, 0) is 4.74 Å². The van der Waals surface area contributed by atoms with E-state index in [1.807, 2.05) is 0 Å². The maximum atomic E-state index is 5.83. The fourth-order valence-electron chi connectivity index (χ4n) is 2.87. The Morgan fingerprint density at radius 3 is 2.50 bits per heavy atom. The van der Waals surface area contributed by atoms with Gasteiger partial charge in [-0.15, -0.1) is 0 Å². The fourth-order valence-corrected chi connectivity index (χ4v) is 2.87. The second-order valence-electron chi connectivity index (χ2n) is 6.07. The Balaban J connectivity index is 2.67. The maximum absolute atomic E-state index is 5.83. The molecule has 1 heterocycles. The van der Waals surface area contributed by atoms with Gasteiger partial charge < -0.3 is 10.1 Å². The summed E-state index contributed by atoms with van der Waals surface area (Å²) >= 11 is 0. The molecule has 16 heavy (non-hydrogen) atoms. The third kappa shape index (κ3) is 3.46. The number of rotatable bonds is 5. The van der Waals surface area contributed by atoms with Gasteiger partial charge in [-0.1, -0.05) is 34.6 Å². The molecule has 2 nitrogen and oxygen atoms in total. The van der Waals surface area contributed by atoms with Gasteiger partial charge in [0.05, 0.1) is 6.10 Å². The highest BCUT2D eigenvalue weighted by molar-refractivity contribution is 4.92. The number of ether oxygens (including phenoxy) is 1. The van der Waals surface area contributed by atoms with Crippen molar-refractivity contribution in [1.29, 1.82) is 0 Å². The Kier molecular flexibility index (Phi) is 5.26. The first-order valence-electron chi connectivity index (χ1n) is 6.85. The molecule has 0 aromatic rings. The van der Waals surface area contributed by atoms with Crippen LogP contribution in [0.3, 0.4) is 0 Å². The predicted octanol–water partition coefficient (Wildman–Crippen LogP) is 3.22. The van der Waals surface area contributed by atoms with Crippen molar-refractivity contribution in [3.8, 4) is 0 Å². The second kappa shape index (κ2) is 6.02. The summed E-state index contributed by atoms with van der Waals surface area (Å²) in [5.74, 6) is 0.691. The summed E-state index contributed by atoms with van der Waals surface area (Å²) in [5, 5.41) is 3.74. The first-order valence-corrected chi connectivity index (χ1v) is 6.85. The first kappa shape index (κ1) is 14.0. The highest BCUT2D eigenvalue weighted by atomic mass is 16.5. The summed E-state index contributed by atoms with van der Waals surface area (Å²) in [7, 11) is 0. The van der Waals surface area contributed by atoms with E-state index in [1.165, 1.54) is 12.8 Å². The topological polar surface area (TPSA) is 21.3 Å². The van der Waals surface area contributed by atoms with Crippen LogP contribution in [0.1, 0.15) is 53.9 Å². The van der Waals surface area contributed by atoms with Crippen molar-refractivity contribution in [3.63, 3.8) is 0 Å². The van der Waals surface area contributed by atoms with Crippen LogP contribution < -0.4 is 5.32 Å². The van der Waals surface area contributed by atoms with Crippen molar-refractivity contribution in [2.75, 3.05) is 13.2 Å². The maximum Gasteiger partial charge on any atom is 0.0616 e. The van der Waals surface area contributed by atoms with Gasteiger partial charge in [-0.3, -0.25) is 0 Å². The van der Waals surface area contributed by atoms with Crippen molar-refractivity contribution in [2.24, 2.45) is 11.3 Å². The quantitative estimate of drug-likeness (QED) is 0.778. The molecule has 1 aliphatic heterocycles. The molecule has 0 aliphatic carbocycles. The van der Waals surface area contributed by atoms with Crippen LogP contribution >= 0.6 is 0 Å². The van der Waals surface area contributed by atoms with E-state index < -0.39 is 0 Å². The van der Waals surface area contributed by atoms with Crippen molar-refractivity contribution < 1.29 is 4.74 Å². The number of nitrogens with one attached hydrogen (secondary N) is 1. The molecule has 1 aliphatic rings. The molecular formula is C14H29NO. The summed E-state index contributed by atoms with van der Waals surface area (Å²) in [6.45, 7) is 13.6. The van der Waals surface area contributed by atoms with Crippen LogP contribution in [0.4, 0.5) is 0 Å². The molecule has 0 amide bonds. The Morgan fingerprint density at radius 1 is 1.31 bits per heavy atom. The lowest BCUT2D eigenvalue weighted by Gasteiger charge is -2.38. The molecule has 1 rings (SSSR count). The van der Waals surface area contributed by atoms with E-state index in [9.17, 15) is 0 Å². The largest absolute Gasteiger partial charge is 0.378 e. The number of hydrogen-bond donors (Lipinski definition) is 1. The summed E-state index contributed by atoms with van der Waals surface area (Å²) in [6, 6.07) is 0.583.